The summed E-state index contributed by atoms with van der Waals surface area (Å²) in [7, 11) is 0. The van der Waals surface area contributed by atoms with Gasteiger partial charge in [-0.1, -0.05) is 26.8 Å². The third-order valence-corrected chi connectivity index (χ3v) is 8.89. The van der Waals surface area contributed by atoms with Crippen molar-refractivity contribution < 1.29 is 33.7 Å². The molecule has 3 saturated carbocycles. The molecule has 7 heteroatoms. The Balaban J connectivity index is 1.74. The van der Waals surface area contributed by atoms with Gasteiger partial charge in [0, 0.05) is 23.7 Å². The fourth-order valence-corrected chi connectivity index (χ4v) is 7.54. The molecule has 4 aliphatic carbocycles. The average Bonchev–Trinajstić information content (AvgIpc) is 2.88. The number of ether oxygens (including phenoxy) is 1. The molecule has 2 N–H and O–H groups in total. The van der Waals surface area contributed by atoms with Gasteiger partial charge in [0.05, 0.1) is 6.10 Å². The van der Waals surface area contributed by atoms with E-state index in [-0.39, 0.29) is 36.4 Å². The van der Waals surface area contributed by atoms with Crippen molar-refractivity contribution in [2.24, 2.45) is 34.5 Å². The molecule has 0 radical (unpaired) electrons. The van der Waals surface area contributed by atoms with E-state index >= 15 is 4.39 Å². The topological polar surface area (TPSA) is 101 Å². The number of carbonyl (C=O) groups excluding carboxylic acids is 3. The molecule has 31 heavy (non-hydrogen) atoms. The number of ketones is 2. The molecular formula is C24H31FO6. The first kappa shape index (κ1) is 22.3. The first-order valence-corrected chi connectivity index (χ1v) is 11.0. The Bertz CT molecular complexity index is 895. The number of alkyl halides is 1. The molecule has 3 fully saturated rings. The molecule has 0 heterocycles. The fourth-order valence-electron chi connectivity index (χ4n) is 7.54. The standard InChI is InChI=1S/C24H31FO6/c1-12-7-16-15-9-18(25)17-8-14(27)5-6-22(17,3)21(15)19(28)10-23(16,4)24(12,30)20(29)11-31-13(2)26/h5-6,8,12,15-16,18-19,21,28,30H,7,9-11H2,1-4H3/t12-,15?,16+,18+,19+,21?,22?,23?,24+/m1/s1. The van der Waals surface area contributed by atoms with Crippen molar-refractivity contribution >= 4 is 17.5 Å². The molecule has 0 bridgehead atoms. The summed E-state index contributed by atoms with van der Waals surface area (Å²) < 4.78 is 20.2. The molecular weight excluding hydrogens is 403 g/mol. The van der Waals surface area contributed by atoms with Gasteiger partial charge in [-0.25, -0.2) is 4.39 Å². The van der Waals surface area contributed by atoms with E-state index in [0.29, 0.717) is 12.0 Å². The van der Waals surface area contributed by atoms with E-state index in [1.54, 1.807) is 19.9 Å². The van der Waals surface area contributed by atoms with E-state index in [9.17, 15) is 24.6 Å². The number of carbonyl (C=O) groups is 3. The minimum Gasteiger partial charge on any atom is -0.458 e. The zero-order valence-corrected chi connectivity index (χ0v) is 18.4. The maximum absolute atomic E-state index is 15.4. The van der Waals surface area contributed by atoms with Crippen molar-refractivity contribution in [1.82, 2.24) is 0 Å². The zero-order valence-electron chi connectivity index (χ0n) is 18.4. The number of allylic oxidation sites excluding steroid dienone is 4. The lowest BCUT2D eigenvalue weighted by Crippen LogP contribution is -2.63. The summed E-state index contributed by atoms with van der Waals surface area (Å²) >= 11 is 0. The van der Waals surface area contributed by atoms with Gasteiger partial charge in [0.15, 0.2) is 12.4 Å². The largest absolute Gasteiger partial charge is 0.458 e. The first-order valence-electron chi connectivity index (χ1n) is 11.0. The third-order valence-electron chi connectivity index (χ3n) is 8.89. The highest BCUT2D eigenvalue weighted by molar-refractivity contribution is 6.01. The monoisotopic (exact) mass is 434 g/mol. The summed E-state index contributed by atoms with van der Waals surface area (Å²) in [6.07, 6.45) is 3.14. The van der Waals surface area contributed by atoms with Crippen LogP contribution in [0.25, 0.3) is 0 Å². The molecule has 0 aromatic heterocycles. The summed E-state index contributed by atoms with van der Waals surface area (Å²) in [5.74, 6) is -2.62. The van der Waals surface area contributed by atoms with Gasteiger partial charge < -0.3 is 14.9 Å². The Morgan fingerprint density at radius 3 is 2.61 bits per heavy atom. The minimum atomic E-state index is -1.78. The average molecular weight is 435 g/mol. The summed E-state index contributed by atoms with van der Waals surface area (Å²) in [5, 5.41) is 23.0. The highest BCUT2D eigenvalue weighted by Gasteiger charge is 2.71. The van der Waals surface area contributed by atoms with Crippen LogP contribution in [-0.2, 0) is 19.1 Å². The van der Waals surface area contributed by atoms with Crippen LogP contribution in [0.5, 0.6) is 0 Å². The molecule has 0 saturated heterocycles. The van der Waals surface area contributed by atoms with Crippen LogP contribution < -0.4 is 0 Å². The van der Waals surface area contributed by atoms with Crippen molar-refractivity contribution in [2.45, 2.75) is 64.8 Å². The van der Waals surface area contributed by atoms with Crippen LogP contribution in [0.1, 0.15) is 47.0 Å². The smallest absolute Gasteiger partial charge is 0.303 e. The molecule has 9 atom stereocenters. The van der Waals surface area contributed by atoms with Crippen molar-refractivity contribution in [3.63, 3.8) is 0 Å². The quantitative estimate of drug-likeness (QED) is 0.661. The molecule has 6 nitrogen and oxygen atoms in total. The predicted molar refractivity (Wildman–Crippen MR) is 109 cm³/mol. The van der Waals surface area contributed by atoms with Crippen LogP contribution >= 0.6 is 0 Å². The van der Waals surface area contributed by atoms with E-state index in [2.05, 4.69) is 0 Å². The van der Waals surface area contributed by atoms with Gasteiger partial charge in [-0.15, -0.1) is 0 Å². The number of aliphatic hydroxyl groups is 2. The number of fused-ring (bicyclic) bond motifs is 5. The van der Waals surface area contributed by atoms with Gasteiger partial charge in [-0.3, -0.25) is 14.4 Å². The molecule has 4 rings (SSSR count). The first-order chi connectivity index (χ1) is 14.4. The molecule has 0 aromatic rings. The van der Waals surface area contributed by atoms with Gasteiger partial charge in [-0.05, 0) is 54.7 Å². The van der Waals surface area contributed by atoms with Crippen LogP contribution in [0.4, 0.5) is 4.39 Å². The molecule has 170 valence electrons. The number of hydrogen-bond acceptors (Lipinski definition) is 6. The van der Waals surface area contributed by atoms with Gasteiger partial charge in [-0.2, -0.15) is 0 Å². The Hall–Kier alpha value is -1.86. The maximum Gasteiger partial charge on any atom is 0.303 e. The predicted octanol–water partition coefficient (Wildman–Crippen LogP) is 2.32. The van der Waals surface area contributed by atoms with Gasteiger partial charge >= 0.3 is 5.97 Å². The van der Waals surface area contributed by atoms with E-state index < -0.39 is 53.0 Å². The summed E-state index contributed by atoms with van der Waals surface area (Å²) in [4.78, 5) is 36.2. The Kier molecular flexibility index (Phi) is 5.10. The van der Waals surface area contributed by atoms with Gasteiger partial charge in [0.25, 0.3) is 0 Å². The van der Waals surface area contributed by atoms with E-state index in [1.165, 1.54) is 19.1 Å². The molecule has 0 amide bonds. The summed E-state index contributed by atoms with van der Waals surface area (Å²) in [6, 6.07) is 0. The molecule has 0 spiro atoms. The lowest BCUT2D eigenvalue weighted by atomic mass is 9.46. The molecule has 0 aromatic carbocycles. The Morgan fingerprint density at radius 2 is 1.97 bits per heavy atom. The van der Waals surface area contributed by atoms with Crippen molar-refractivity contribution in [1.29, 1.82) is 0 Å². The van der Waals surface area contributed by atoms with Crippen LogP contribution in [0.3, 0.4) is 0 Å². The Morgan fingerprint density at radius 1 is 1.29 bits per heavy atom. The van der Waals surface area contributed by atoms with Crippen molar-refractivity contribution in [3.8, 4) is 0 Å². The normalized spacial score (nSPS) is 48.4. The lowest BCUT2D eigenvalue weighted by Gasteiger charge is -2.60. The SMILES string of the molecule is CC(=O)OCC(=O)[C@@]1(O)[C@H](C)C[C@H]2C3C[C@H](F)C4=CC(=O)C=CC4(C)C3[C@@H](O)CC21C. The van der Waals surface area contributed by atoms with E-state index in [1.807, 2.05) is 6.92 Å². The number of hydrogen-bond donors (Lipinski definition) is 2. The van der Waals surface area contributed by atoms with E-state index in [0.717, 1.165) is 0 Å². The highest BCUT2D eigenvalue weighted by Crippen LogP contribution is 2.68. The minimum absolute atomic E-state index is 0.144. The molecule has 4 unspecified atom stereocenters. The number of rotatable bonds is 3. The van der Waals surface area contributed by atoms with Gasteiger partial charge in [0.1, 0.15) is 11.8 Å². The second-order valence-electron chi connectivity index (χ2n) is 10.4. The van der Waals surface area contributed by atoms with Crippen LogP contribution in [0.15, 0.2) is 23.8 Å². The van der Waals surface area contributed by atoms with Gasteiger partial charge in [0.2, 0.25) is 5.78 Å². The fraction of sp³-hybridized carbons (Fsp3) is 0.708. The lowest BCUT2D eigenvalue weighted by molar-refractivity contribution is -0.187. The molecule has 4 aliphatic rings. The van der Waals surface area contributed by atoms with Crippen molar-refractivity contribution in [3.05, 3.63) is 23.8 Å². The van der Waals surface area contributed by atoms with Crippen LogP contribution in [0, 0.1) is 34.5 Å². The second-order valence-corrected chi connectivity index (χ2v) is 10.4. The molecule has 0 aliphatic heterocycles. The Labute approximate surface area is 181 Å². The van der Waals surface area contributed by atoms with Crippen LogP contribution in [-0.4, -0.2) is 52.2 Å². The zero-order chi connectivity index (χ0) is 22.9. The maximum atomic E-state index is 15.4. The summed E-state index contributed by atoms with van der Waals surface area (Å²) in [5.41, 5.74) is -3.13. The number of halogens is 1. The van der Waals surface area contributed by atoms with E-state index in [4.69, 9.17) is 4.74 Å². The second kappa shape index (κ2) is 7.07. The number of aliphatic hydroxyl groups excluding tert-OH is 1. The summed E-state index contributed by atoms with van der Waals surface area (Å²) in [6.45, 7) is 6.13. The third kappa shape index (κ3) is 2.92. The van der Waals surface area contributed by atoms with Crippen molar-refractivity contribution in [2.75, 3.05) is 6.61 Å². The van der Waals surface area contributed by atoms with Crippen LogP contribution in [0.2, 0.25) is 0 Å². The number of esters is 1. The number of Topliss-reactive ketones (excluding diaryl/α,β-unsaturated/α-hetero) is 1. The highest BCUT2D eigenvalue weighted by atomic mass is 19.1.